The fourth-order valence-corrected chi connectivity index (χ4v) is 4.31. The molecule has 1 N–H and O–H groups in total. The van der Waals surface area contributed by atoms with E-state index >= 15 is 0 Å². The Hall–Kier alpha value is -0.190. The Morgan fingerprint density at radius 2 is 2.10 bits per heavy atom. The first kappa shape index (κ1) is 16.2. The molecule has 0 bridgehead atoms. The van der Waals surface area contributed by atoms with Crippen molar-refractivity contribution in [2.75, 3.05) is 30.8 Å². The molecule has 0 aromatic heterocycles. The largest absolute Gasteiger partial charge is 0.371 e. The summed E-state index contributed by atoms with van der Waals surface area (Å²) in [5.41, 5.74) is 2.66. The van der Waals surface area contributed by atoms with E-state index in [1.165, 1.54) is 27.9 Å². The molecule has 0 saturated carbocycles. The van der Waals surface area contributed by atoms with E-state index < -0.39 is 0 Å². The number of thioether (sulfide) groups is 1. The molecule has 2 nitrogen and oxygen atoms in total. The van der Waals surface area contributed by atoms with Gasteiger partial charge in [0, 0.05) is 39.8 Å². The lowest BCUT2D eigenvalue weighted by Crippen LogP contribution is -2.27. The number of rotatable bonds is 3. The van der Waals surface area contributed by atoms with Gasteiger partial charge in [0.2, 0.25) is 0 Å². The quantitative estimate of drug-likeness (QED) is 0.860. The van der Waals surface area contributed by atoms with E-state index in [0.717, 1.165) is 13.1 Å². The van der Waals surface area contributed by atoms with Crippen LogP contribution >= 0.6 is 27.7 Å². The van der Waals surface area contributed by atoms with E-state index in [9.17, 15) is 0 Å². The second-order valence-corrected chi connectivity index (χ2v) is 8.72. The molecular weight excluding hydrogens is 332 g/mol. The molecule has 112 valence electrons. The summed E-state index contributed by atoms with van der Waals surface area (Å²) in [4.78, 5) is 2.51. The first-order valence-corrected chi connectivity index (χ1v) is 9.06. The van der Waals surface area contributed by atoms with Crippen LogP contribution in [0.1, 0.15) is 38.8 Å². The van der Waals surface area contributed by atoms with Gasteiger partial charge >= 0.3 is 0 Å². The molecule has 1 aromatic rings. The first-order valence-electron chi connectivity index (χ1n) is 7.28. The SMILES string of the molecule is CNC(C)c1ccc(N2CCSC(C)(C)CC2)cc1Br. The predicted molar refractivity (Wildman–Crippen MR) is 95.0 cm³/mol. The topological polar surface area (TPSA) is 15.3 Å². The Morgan fingerprint density at radius 1 is 1.35 bits per heavy atom. The number of hydrogen-bond acceptors (Lipinski definition) is 3. The van der Waals surface area contributed by atoms with Crippen LogP contribution in [0.15, 0.2) is 22.7 Å². The summed E-state index contributed by atoms with van der Waals surface area (Å²) in [6.45, 7) is 9.18. The van der Waals surface area contributed by atoms with Gasteiger partial charge in [0.15, 0.2) is 0 Å². The molecule has 1 unspecified atom stereocenters. The molecule has 1 fully saturated rings. The molecule has 1 atom stereocenters. The van der Waals surface area contributed by atoms with E-state index in [4.69, 9.17) is 0 Å². The van der Waals surface area contributed by atoms with Gasteiger partial charge in [-0.2, -0.15) is 11.8 Å². The zero-order valence-electron chi connectivity index (χ0n) is 12.9. The number of nitrogens with zero attached hydrogens (tertiary/aromatic N) is 1. The van der Waals surface area contributed by atoms with Crippen LogP contribution in [-0.4, -0.2) is 30.6 Å². The monoisotopic (exact) mass is 356 g/mol. The van der Waals surface area contributed by atoms with E-state index in [2.05, 4.69) is 76.9 Å². The molecule has 1 saturated heterocycles. The van der Waals surface area contributed by atoms with Crippen LogP contribution in [0.25, 0.3) is 0 Å². The van der Waals surface area contributed by atoms with Gasteiger partial charge in [-0.3, -0.25) is 0 Å². The third-order valence-electron chi connectivity index (χ3n) is 4.09. The van der Waals surface area contributed by atoms with Crippen LogP contribution < -0.4 is 10.2 Å². The van der Waals surface area contributed by atoms with Crippen molar-refractivity contribution in [2.24, 2.45) is 0 Å². The van der Waals surface area contributed by atoms with Crippen molar-refractivity contribution in [1.82, 2.24) is 5.32 Å². The summed E-state index contributed by atoms with van der Waals surface area (Å²) < 4.78 is 1.61. The Labute approximate surface area is 135 Å². The minimum atomic E-state index is 0.372. The number of anilines is 1. The van der Waals surface area contributed by atoms with Gasteiger partial charge < -0.3 is 10.2 Å². The molecule has 4 heteroatoms. The van der Waals surface area contributed by atoms with Crippen LogP contribution in [0.3, 0.4) is 0 Å². The highest BCUT2D eigenvalue weighted by Crippen LogP contribution is 2.34. The van der Waals surface area contributed by atoms with Crippen LogP contribution in [0.4, 0.5) is 5.69 Å². The van der Waals surface area contributed by atoms with Crippen molar-refractivity contribution in [3.8, 4) is 0 Å². The summed E-state index contributed by atoms with van der Waals surface area (Å²) in [6.07, 6.45) is 1.24. The maximum Gasteiger partial charge on any atom is 0.0378 e. The maximum absolute atomic E-state index is 3.73. The van der Waals surface area contributed by atoms with Crippen LogP contribution in [0.5, 0.6) is 0 Å². The molecule has 0 radical (unpaired) electrons. The summed E-state index contributed by atoms with van der Waals surface area (Å²) in [5, 5.41) is 3.29. The Kier molecular flexibility index (Phi) is 5.43. The second-order valence-electron chi connectivity index (χ2n) is 6.06. The van der Waals surface area contributed by atoms with E-state index in [1.807, 2.05) is 7.05 Å². The molecule has 1 aromatic carbocycles. The Balaban J connectivity index is 2.15. The molecule has 1 aliphatic rings. The van der Waals surface area contributed by atoms with E-state index in [-0.39, 0.29) is 0 Å². The van der Waals surface area contributed by atoms with Crippen molar-refractivity contribution in [3.63, 3.8) is 0 Å². The summed E-state index contributed by atoms with van der Waals surface area (Å²) in [5.74, 6) is 1.21. The van der Waals surface area contributed by atoms with Crippen LogP contribution in [-0.2, 0) is 0 Å². The van der Waals surface area contributed by atoms with Crippen LogP contribution in [0, 0.1) is 0 Å². The van der Waals surface area contributed by atoms with Gasteiger partial charge in [0.25, 0.3) is 0 Å². The molecule has 0 amide bonds. The van der Waals surface area contributed by atoms with Crippen molar-refractivity contribution < 1.29 is 0 Å². The van der Waals surface area contributed by atoms with E-state index in [0.29, 0.717) is 10.8 Å². The molecule has 1 aliphatic heterocycles. The fraction of sp³-hybridized carbons (Fsp3) is 0.625. The lowest BCUT2D eigenvalue weighted by atomic mass is 10.1. The number of hydrogen-bond donors (Lipinski definition) is 1. The van der Waals surface area contributed by atoms with Crippen LogP contribution in [0.2, 0.25) is 0 Å². The third-order valence-corrected chi connectivity index (χ3v) is 6.15. The van der Waals surface area contributed by atoms with Gasteiger partial charge in [0.05, 0.1) is 0 Å². The summed E-state index contributed by atoms with van der Waals surface area (Å²) in [6, 6.07) is 7.14. The van der Waals surface area contributed by atoms with Gasteiger partial charge in [-0.15, -0.1) is 0 Å². The number of halogens is 1. The zero-order chi connectivity index (χ0) is 14.8. The minimum Gasteiger partial charge on any atom is -0.371 e. The highest BCUT2D eigenvalue weighted by molar-refractivity contribution is 9.10. The minimum absolute atomic E-state index is 0.372. The molecule has 1 heterocycles. The van der Waals surface area contributed by atoms with Gasteiger partial charge in [0.1, 0.15) is 0 Å². The lowest BCUT2D eigenvalue weighted by Gasteiger charge is -2.25. The predicted octanol–water partition coefficient (Wildman–Crippen LogP) is 4.45. The molecule has 2 rings (SSSR count). The highest BCUT2D eigenvalue weighted by atomic mass is 79.9. The normalized spacial score (nSPS) is 20.6. The second kappa shape index (κ2) is 6.71. The number of nitrogens with one attached hydrogen (secondary N) is 1. The maximum atomic E-state index is 3.73. The summed E-state index contributed by atoms with van der Waals surface area (Å²) >= 11 is 5.82. The zero-order valence-corrected chi connectivity index (χ0v) is 15.3. The lowest BCUT2D eigenvalue weighted by molar-refractivity contribution is 0.636. The third kappa shape index (κ3) is 3.92. The average Bonchev–Trinajstić information content (AvgIpc) is 2.59. The Bertz CT molecular complexity index is 462. The molecular formula is C16H25BrN2S. The highest BCUT2D eigenvalue weighted by Gasteiger charge is 2.24. The van der Waals surface area contributed by atoms with Crippen molar-refractivity contribution in [3.05, 3.63) is 28.2 Å². The standard InChI is InChI=1S/C16H25BrN2S/c1-12(18-4)14-6-5-13(11-15(14)17)19-8-7-16(2,3)20-10-9-19/h5-6,11-12,18H,7-10H2,1-4H3. The van der Waals surface area contributed by atoms with E-state index in [1.54, 1.807) is 0 Å². The fourth-order valence-electron chi connectivity index (χ4n) is 2.50. The molecule has 0 aliphatic carbocycles. The van der Waals surface area contributed by atoms with Gasteiger partial charge in [-0.05, 0) is 38.1 Å². The Morgan fingerprint density at radius 3 is 2.75 bits per heavy atom. The van der Waals surface area contributed by atoms with Crippen molar-refractivity contribution in [1.29, 1.82) is 0 Å². The molecule has 20 heavy (non-hydrogen) atoms. The smallest absolute Gasteiger partial charge is 0.0378 e. The number of benzene rings is 1. The average molecular weight is 357 g/mol. The molecule has 0 spiro atoms. The first-order chi connectivity index (χ1) is 9.43. The van der Waals surface area contributed by atoms with Gasteiger partial charge in [-0.25, -0.2) is 0 Å². The summed E-state index contributed by atoms with van der Waals surface area (Å²) in [7, 11) is 2.00. The van der Waals surface area contributed by atoms with Gasteiger partial charge in [-0.1, -0.05) is 35.8 Å². The van der Waals surface area contributed by atoms with Crippen molar-refractivity contribution >= 4 is 33.4 Å². The van der Waals surface area contributed by atoms with Crippen molar-refractivity contribution in [2.45, 2.75) is 38.0 Å².